The lowest BCUT2D eigenvalue weighted by atomic mass is 10.2. The fraction of sp³-hybridized carbons (Fsp3) is 0.750. The highest BCUT2D eigenvalue weighted by Crippen LogP contribution is 2.20. The third-order valence-corrected chi connectivity index (χ3v) is 4.41. The van der Waals surface area contributed by atoms with Crippen molar-refractivity contribution >= 4 is 17.5 Å². The molecule has 1 aliphatic rings. The minimum Gasteiger partial charge on any atom is -0.379 e. The first-order chi connectivity index (χ1) is 11.0. The number of unbranched alkanes of at least 4 members (excludes halogenated alkanes) is 1. The molecular weight excluding hydrogens is 316 g/mol. The first kappa shape index (κ1) is 18.2. The number of ether oxygens (including phenoxy) is 1. The van der Waals surface area contributed by atoms with E-state index >= 15 is 0 Å². The number of aryl methyl sites for hydroxylation is 2. The van der Waals surface area contributed by atoms with Crippen molar-refractivity contribution in [2.75, 3.05) is 32.8 Å². The quantitative estimate of drug-likeness (QED) is 0.824. The zero-order valence-corrected chi connectivity index (χ0v) is 15.0. The second-order valence-corrected chi connectivity index (χ2v) is 6.47. The zero-order valence-electron chi connectivity index (χ0n) is 14.3. The van der Waals surface area contributed by atoms with Gasteiger partial charge in [-0.1, -0.05) is 24.9 Å². The van der Waals surface area contributed by atoms with E-state index in [1.165, 1.54) is 0 Å². The maximum atomic E-state index is 12.5. The van der Waals surface area contributed by atoms with Gasteiger partial charge in [-0.25, -0.2) is 0 Å². The Labute approximate surface area is 143 Å². The van der Waals surface area contributed by atoms with Crippen LogP contribution in [0.1, 0.15) is 42.7 Å². The van der Waals surface area contributed by atoms with E-state index in [0.717, 1.165) is 52.2 Å². The number of hydrogen-bond donors (Lipinski definition) is 1. The molecule has 0 aliphatic carbocycles. The summed E-state index contributed by atoms with van der Waals surface area (Å²) in [6, 6.07) is 0.0510. The molecule has 1 aromatic rings. The van der Waals surface area contributed by atoms with E-state index in [2.05, 4.69) is 22.2 Å². The first-order valence-electron chi connectivity index (χ1n) is 8.36. The molecule has 7 heteroatoms. The molecule has 1 N–H and O–H groups in total. The van der Waals surface area contributed by atoms with Crippen molar-refractivity contribution in [2.24, 2.45) is 0 Å². The molecule has 130 valence electrons. The Morgan fingerprint density at radius 3 is 2.78 bits per heavy atom. The topological polar surface area (TPSA) is 59.4 Å². The molecule has 2 heterocycles. The molecule has 0 unspecified atom stereocenters. The second-order valence-electron chi connectivity index (χ2n) is 6.12. The number of amides is 1. The highest BCUT2D eigenvalue weighted by atomic mass is 35.5. The number of aromatic nitrogens is 2. The van der Waals surface area contributed by atoms with Crippen molar-refractivity contribution in [1.29, 1.82) is 0 Å². The monoisotopic (exact) mass is 342 g/mol. The fourth-order valence-electron chi connectivity index (χ4n) is 2.78. The Morgan fingerprint density at radius 2 is 2.13 bits per heavy atom. The van der Waals surface area contributed by atoms with Crippen LogP contribution in [0.4, 0.5) is 0 Å². The summed E-state index contributed by atoms with van der Waals surface area (Å²) in [6.45, 7) is 10.9. The van der Waals surface area contributed by atoms with Crippen LogP contribution in [0.5, 0.6) is 0 Å². The summed E-state index contributed by atoms with van der Waals surface area (Å²) in [7, 11) is 0. The average Bonchev–Trinajstić information content (AvgIpc) is 2.80. The molecule has 0 radical (unpaired) electrons. The minimum atomic E-state index is -0.143. The molecule has 2 rings (SSSR count). The van der Waals surface area contributed by atoms with Crippen molar-refractivity contribution in [3.05, 3.63) is 16.4 Å². The Bertz CT molecular complexity index is 526. The SMILES string of the molecule is CCCCn1nc(C)c(C(=O)N[C@@H](C)CN2CCOCC2)c1Cl. The first-order valence-corrected chi connectivity index (χ1v) is 8.74. The van der Waals surface area contributed by atoms with Crippen molar-refractivity contribution in [3.8, 4) is 0 Å². The van der Waals surface area contributed by atoms with Crippen molar-refractivity contribution < 1.29 is 9.53 Å². The third kappa shape index (κ3) is 4.93. The van der Waals surface area contributed by atoms with Gasteiger partial charge in [-0.3, -0.25) is 14.4 Å². The van der Waals surface area contributed by atoms with E-state index in [4.69, 9.17) is 16.3 Å². The molecule has 1 saturated heterocycles. The third-order valence-electron chi connectivity index (χ3n) is 4.03. The number of carbonyl (C=O) groups excluding carboxylic acids is 1. The van der Waals surface area contributed by atoms with Crippen LogP contribution in [-0.4, -0.2) is 59.5 Å². The van der Waals surface area contributed by atoms with Gasteiger partial charge in [0.1, 0.15) is 5.15 Å². The summed E-state index contributed by atoms with van der Waals surface area (Å²) < 4.78 is 7.06. The van der Waals surface area contributed by atoms with Gasteiger partial charge in [-0.15, -0.1) is 0 Å². The van der Waals surface area contributed by atoms with Crippen LogP contribution in [0.25, 0.3) is 0 Å². The van der Waals surface area contributed by atoms with Gasteiger partial charge in [0, 0.05) is 32.2 Å². The van der Waals surface area contributed by atoms with Crippen LogP contribution in [0.15, 0.2) is 0 Å². The molecule has 1 amide bonds. The number of nitrogens with one attached hydrogen (secondary N) is 1. The highest BCUT2D eigenvalue weighted by molar-refractivity contribution is 6.33. The van der Waals surface area contributed by atoms with E-state index in [0.29, 0.717) is 16.4 Å². The number of nitrogens with zero attached hydrogens (tertiary/aromatic N) is 3. The molecule has 1 atom stereocenters. The van der Waals surface area contributed by atoms with Gasteiger partial charge in [0.05, 0.1) is 24.5 Å². The molecule has 0 spiro atoms. The minimum absolute atomic E-state index is 0.0510. The Morgan fingerprint density at radius 1 is 1.43 bits per heavy atom. The van der Waals surface area contributed by atoms with Crippen LogP contribution < -0.4 is 5.32 Å². The maximum Gasteiger partial charge on any atom is 0.256 e. The van der Waals surface area contributed by atoms with Crippen LogP contribution >= 0.6 is 11.6 Å². The predicted molar refractivity (Wildman–Crippen MR) is 91.1 cm³/mol. The maximum absolute atomic E-state index is 12.5. The number of halogens is 1. The summed E-state index contributed by atoms with van der Waals surface area (Å²) in [6.07, 6.45) is 2.06. The smallest absolute Gasteiger partial charge is 0.256 e. The Hall–Kier alpha value is -1.11. The van der Waals surface area contributed by atoms with Gasteiger partial charge in [-0.05, 0) is 20.3 Å². The number of morpholine rings is 1. The average molecular weight is 343 g/mol. The standard InChI is InChI=1S/C16H27ClN4O2/c1-4-5-6-21-15(17)14(13(3)19-21)16(22)18-12(2)11-20-7-9-23-10-8-20/h12H,4-11H2,1-3H3,(H,18,22)/t12-/m0/s1. The number of carbonyl (C=O) groups is 1. The molecule has 6 nitrogen and oxygen atoms in total. The van der Waals surface area contributed by atoms with Crippen molar-refractivity contribution in [2.45, 2.75) is 46.2 Å². The highest BCUT2D eigenvalue weighted by Gasteiger charge is 2.22. The summed E-state index contributed by atoms with van der Waals surface area (Å²) in [4.78, 5) is 14.8. The van der Waals surface area contributed by atoms with Crippen molar-refractivity contribution in [1.82, 2.24) is 20.0 Å². The summed E-state index contributed by atoms with van der Waals surface area (Å²) in [5.74, 6) is -0.143. The normalized spacial score (nSPS) is 17.2. The lowest BCUT2D eigenvalue weighted by Gasteiger charge is -2.29. The van der Waals surface area contributed by atoms with E-state index in [-0.39, 0.29) is 11.9 Å². The molecular formula is C16H27ClN4O2. The fourth-order valence-corrected chi connectivity index (χ4v) is 3.12. The molecule has 1 aromatic heterocycles. The molecule has 1 aliphatic heterocycles. The lowest BCUT2D eigenvalue weighted by Crippen LogP contribution is -2.46. The summed E-state index contributed by atoms with van der Waals surface area (Å²) in [5.41, 5.74) is 1.18. The summed E-state index contributed by atoms with van der Waals surface area (Å²) >= 11 is 6.35. The zero-order chi connectivity index (χ0) is 16.8. The van der Waals surface area contributed by atoms with Gasteiger partial charge in [0.15, 0.2) is 0 Å². The van der Waals surface area contributed by atoms with Crippen molar-refractivity contribution in [3.63, 3.8) is 0 Å². The molecule has 0 saturated carbocycles. The summed E-state index contributed by atoms with van der Waals surface area (Å²) in [5, 5.41) is 7.86. The molecule has 0 bridgehead atoms. The lowest BCUT2D eigenvalue weighted by molar-refractivity contribution is 0.0342. The van der Waals surface area contributed by atoms with Crippen LogP contribution in [0.2, 0.25) is 5.15 Å². The van der Waals surface area contributed by atoms with Gasteiger partial charge >= 0.3 is 0 Å². The van der Waals surface area contributed by atoms with Gasteiger partial charge in [0.25, 0.3) is 5.91 Å². The van der Waals surface area contributed by atoms with Crippen LogP contribution in [-0.2, 0) is 11.3 Å². The predicted octanol–water partition coefficient (Wildman–Crippen LogP) is 2.10. The van der Waals surface area contributed by atoms with Gasteiger partial charge < -0.3 is 10.1 Å². The van der Waals surface area contributed by atoms with Gasteiger partial charge in [-0.2, -0.15) is 5.10 Å². The number of hydrogen-bond acceptors (Lipinski definition) is 4. The van der Waals surface area contributed by atoms with Gasteiger partial charge in [0.2, 0.25) is 0 Å². The van der Waals surface area contributed by atoms with E-state index in [1.807, 2.05) is 13.8 Å². The van der Waals surface area contributed by atoms with E-state index in [9.17, 15) is 4.79 Å². The molecule has 23 heavy (non-hydrogen) atoms. The van der Waals surface area contributed by atoms with Crippen LogP contribution in [0.3, 0.4) is 0 Å². The molecule has 1 fully saturated rings. The second kappa shape index (κ2) is 8.66. The van der Waals surface area contributed by atoms with E-state index < -0.39 is 0 Å². The Kier molecular flexibility index (Phi) is 6.87. The van der Waals surface area contributed by atoms with Crippen LogP contribution in [0, 0.1) is 6.92 Å². The molecule has 0 aromatic carbocycles. The van der Waals surface area contributed by atoms with E-state index in [1.54, 1.807) is 4.68 Å². The Balaban J connectivity index is 1.95. The number of rotatable bonds is 7. The largest absolute Gasteiger partial charge is 0.379 e.